The van der Waals surface area contributed by atoms with Gasteiger partial charge in [-0.15, -0.1) is 0 Å². The summed E-state index contributed by atoms with van der Waals surface area (Å²) in [5.74, 6) is 2.24. The molecule has 1 aliphatic rings. The summed E-state index contributed by atoms with van der Waals surface area (Å²) in [6.45, 7) is 26.1. The van der Waals surface area contributed by atoms with Gasteiger partial charge in [-0.05, 0) is 123 Å². The first kappa shape index (κ1) is 42.1. The molecule has 5 radical (unpaired) electrons. The monoisotopic (exact) mass is 758 g/mol. The summed E-state index contributed by atoms with van der Waals surface area (Å²) < 4.78 is 0. The van der Waals surface area contributed by atoms with E-state index >= 15 is 0 Å². The van der Waals surface area contributed by atoms with Gasteiger partial charge in [0, 0.05) is 12.4 Å². The summed E-state index contributed by atoms with van der Waals surface area (Å²) in [5.41, 5.74) is 9.83. The van der Waals surface area contributed by atoms with E-state index < -0.39 is 0 Å². The van der Waals surface area contributed by atoms with Crippen LogP contribution in [0, 0.1) is 26.4 Å². The van der Waals surface area contributed by atoms with Crippen molar-refractivity contribution in [1.29, 1.82) is 0 Å². The van der Waals surface area contributed by atoms with Gasteiger partial charge in [-0.25, -0.2) is 0 Å². The average Bonchev–Trinajstić information content (AvgIpc) is 3.62. The predicted octanol–water partition coefficient (Wildman–Crippen LogP) is 14.1. The van der Waals surface area contributed by atoms with Crippen LogP contribution in [0.3, 0.4) is 0 Å². The first-order valence-corrected chi connectivity index (χ1v) is 20.4. The molecule has 3 aromatic rings. The number of rotatable bonds is 16. The van der Waals surface area contributed by atoms with E-state index in [0.717, 1.165) is 51.4 Å². The van der Waals surface area contributed by atoms with Gasteiger partial charge in [-0.3, -0.25) is 0 Å². The Morgan fingerprint density at radius 2 is 0.854 bits per heavy atom. The molecule has 4 rings (SSSR count). The number of hydrogen-bond acceptors (Lipinski definition) is 2. The van der Waals surface area contributed by atoms with Gasteiger partial charge in [0.1, 0.15) is 0 Å². The average molecular weight is 760 g/mol. The van der Waals surface area contributed by atoms with Gasteiger partial charge >= 0.3 is 27.7 Å². The zero-order chi connectivity index (χ0) is 35.5. The molecule has 0 unspecified atom stereocenters. The summed E-state index contributed by atoms with van der Waals surface area (Å²) >= 11 is 2.22. The zero-order valence-corrected chi connectivity index (χ0v) is 33.2. The quantitative estimate of drug-likeness (QED) is 0.134. The Bertz CT molecular complexity index is 1170. The molecule has 2 nitrogen and oxygen atoms in total. The Hall–Kier alpha value is -2.05. The summed E-state index contributed by atoms with van der Waals surface area (Å²) in [6, 6.07) is 24.1. The van der Waals surface area contributed by atoms with Crippen LogP contribution in [0.1, 0.15) is 158 Å². The molecule has 1 heterocycles. The molecule has 0 bridgehead atoms. The molecule has 0 aromatic heterocycles. The fourth-order valence-corrected chi connectivity index (χ4v) is 7.21. The molecule has 4 heteroatoms. The minimum absolute atomic E-state index is 0.561. The van der Waals surface area contributed by atoms with Crippen molar-refractivity contribution in [1.82, 2.24) is 0 Å². The second kappa shape index (κ2) is 23.4. The van der Waals surface area contributed by atoms with Crippen molar-refractivity contribution >= 4 is 20.9 Å². The maximum absolute atomic E-state index is 4.49. The fourth-order valence-electron chi connectivity index (χ4n) is 7.21. The van der Waals surface area contributed by atoms with E-state index in [1.807, 2.05) is 36.8 Å². The molecule has 0 atom stereocenters. The first-order valence-electron chi connectivity index (χ1n) is 18.4. The van der Waals surface area contributed by atoms with Crippen molar-refractivity contribution in [2.45, 2.75) is 130 Å². The van der Waals surface area contributed by atoms with Crippen LogP contribution < -0.4 is 9.80 Å². The van der Waals surface area contributed by atoms with Crippen molar-refractivity contribution in [2.24, 2.45) is 0 Å². The molecular weight excluding hydrogens is 698 g/mol. The molecule has 0 saturated carbocycles. The van der Waals surface area contributed by atoms with Crippen molar-refractivity contribution in [2.75, 3.05) is 9.80 Å². The Kier molecular flexibility index (Phi) is 20.5. The fraction of sp³-hybridized carbons (Fsp3) is 0.455. The van der Waals surface area contributed by atoms with Crippen LogP contribution in [0.5, 0.6) is 0 Å². The molecule has 48 heavy (non-hydrogen) atoms. The number of anilines is 2. The number of para-hydroxylation sites is 2. The van der Waals surface area contributed by atoms with E-state index in [1.54, 1.807) is 6.42 Å². The molecule has 0 N–H and O–H groups in total. The van der Waals surface area contributed by atoms with Crippen LogP contribution in [0.2, 0.25) is 0 Å². The first-order chi connectivity index (χ1) is 23.5. The van der Waals surface area contributed by atoms with Crippen LogP contribution in [-0.2, 0) is 18.2 Å². The van der Waals surface area contributed by atoms with Crippen LogP contribution in [0.25, 0.3) is 0 Å². The van der Waals surface area contributed by atoms with E-state index in [-0.39, 0.29) is 0 Å². The van der Waals surface area contributed by atoms with E-state index in [0.29, 0.717) is 23.7 Å². The summed E-state index contributed by atoms with van der Waals surface area (Å²) in [5, 5.41) is 0. The summed E-state index contributed by atoms with van der Waals surface area (Å²) in [6.07, 6.45) is 17.6. The van der Waals surface area contributed by atoms with Crippen LogP contribution >= 0.6 is 9.53 Å². The zero-order valence-electron chi connectivity index (χ0n) is 30.9. The number of nitrogens with zero attached hydrogens (tertiary/aromatic N) is 2. The number of hydrogen-bond donors (Lipinski definition) is 0. The number of benzene rings is 3. The molecule has 0 fully saturated rings. The molecule has 0 amide bonds. The van der Waals surface area contributed by atoms with E-state index in [1.165, 1.54) is 39.2 Å². The van der Waals surface area contributed by atoms with Gasteiger partial charge in [0.15, 0.2) is 0 Å². The maximum atomic E-state index is 4.49. The molecule has 3 aromatic carbocycles. The second-order valence-electron chi connectivity index (χ2n) is 12.6. The third-order valence-corrected chi connectivity index (χ3v) is 10.1. The van der Waals surface area contributed by atoms with Gasteiger partial charge < -0.3 is 9.80 Å². The minimum atomic E-state index is 0.561. The van der Waals surface area contributed by atoms with Crippen LogP contribution in [0.15, 0.2) is 79.1 Å². The van der Waals surface area contributed by atoms with Gasteiger partial charge in [0.25, 0.3) is 0 Å². The van der Waals surface area contributed by atoms with E-state index in [4.69, 9.17) is 0 Å². The molecule has 0 spiro atoms. The Morgan fingerprint density at radius 3 is 1.12 bits per heavy atom. The third-order valence-electron chi connectivity index (χ3n) is 10.1. The van der Waals surface area contributed by atoms with Crippen LogP contribution in [-0.4, -0.2) is 0 Å². The molecule has 1 aliphatic heterocycles. The Morgan fingerprint density at radius 1 is 0.542 bits per heavy atom. The predicted molar refractivity (Wildman–Crippen MR) is 209 cm³/mol. The van der Waals surface area contributed by atoms with Crippen LogP contribution in [0.4, 0.5) is 11.4 Å². The normalized spacial score (nSPS) is 12.6. The van der Waals surface area contributed by atoms with E-state index in [9.17, 15) is 0 Å². The van der Waals surface area contributed by atoms with Gasteiger partial charge in [0.2, 0.25) is 6.67 Å². The van der Waals surface area contributed by atoms with Crippen molar-refractivity contribution in [3.8, 4) is 0 Å². The van der Waals surface area contributed by atoms with Crippen molar-refractivity contribution in [3.63, 3.8) is 0 Å². The van der Waals surface area contributed by atoms with Gasteiger partial charge in [-0.1, -0.05) is 122 Å². The molecule has 0 saturated heterocycles. The molecule has 263 valence electrons. The van der Waals surface area contributed by atoms with E-state index in [2.05, 4.69) is 155 Å². The topological polar surface area (TPSA) is 6.48 Å². The SMILES string of the molecule is CCC(CC)c1cccc(C(CC)CC)c1N1[C]N(c2c(C(CC)CC)cccc2C(CC)CC)C=C1.[CH2][CH][CH]c1ccccc1.[Cl][Pd+]. The standard InChI is InChI=1S/C35H52N2.C9H9.ClH.Pd/c1-9-26(10-2)30-19-17-20-31(27(11-3)12-4)34(30)36-23-24-37(25-36)35-32(28(13-5)14-6)21-18-22-33(35)29(15-7)16-8;1-2-6-9-7-4-3-5-8-9;;/h17-24,26-29H,9-16H2,1-8H3;2-8H,1H2;1H;/q;;;+2/p-1. The third kappa shape index (κ3) is 11.0. The number of halogens is 1. The Labute approximate surface area is 311 Å². The van der Waals surface area contributed by atoms with Gasteiger partial charge in [-0.2, -0.15) is 0 Å². The van der Waals surface area contributed by atoms with Crippen molar-refractivity contribution in [3.05, 3.63) is 133 Å². The summed E-state index contributed by atoms with van der Waals surface area (Å²) in [4.78, 5) is 4.64. The Balaban J connectivity index is 0.000000620. The molecular formula is C44H61ClN2Pd+. The molecule has 0 aliphatic carbocycles. The summed E-state index contributed by atoms with van der Waals surface area (Å²) in [7, 11) is 4.49. The van der Waals surface area contributed by atoms with Gasteiger partial charge in [0.05, 0.1) is 11.4 Å². The second-order valence-corrected chi connectivity index (χ2v) is 12.6. The van der Waals surface area contributed by atoms with Crippen molar-refractivity contribution < 1.29 is 18.2 Å².